The van der Waals surface area contributed by atoms with Gasteiger partial charge in [-0.3, -0.25) is 14.5 Å². The lowest BCUT2D eigenvalue weighted by atomic mass is 10.0. The van der Waals surface area contributed by atoms with Crippen molar-refractivity contribution in [1.29, 1.82) is 0 Å². The minimum absolute atomic E-state index is 0.246. The highest BCUT2D eigenvalue weighted by molar-refractivity contribution is 7.92. The van der Waals surface area contributed by atoms with E-state index in [1.54, 1.807) is 12.1 Å². The number of hydrogen-bond donors (Lipinski definition) is 2. The highest BCUT2D eigenvalue weighted by Gasteiger charge is 2.49. The van der Waals surface area contributed by atoms with E-state index >= 15 is 17.6 Å². The molecule has 4 aliphatic rings. The van der Waals surface area contributed by atoms with E-state index < -0.39 is 197 Å². The Labute approximate surface area is 471 Å². The van der Waals surface area contributed by atoms with Crippen LogP contribution in [0.4, 0.5) is 42.5 Å². The van der Waals surface area contributed by atoms with Crippen molar-refractivity contribution in [3.05, 3.63) is 106 Å². The molecule has 0 radical (unpaired) electrons. The van der Waals surface area contributed by atoms with Crippen molar-refractivity contribution in [3.8, 4) is 22.8 Å². The number of carbonyl (C=O) groups excluding carboxylic acids is 3. The number of sulfone groups is 2. The molecule has 6 aromatic rings. The maximum Gasteiger partial charge on any atom is 0.410 e. The number of aromatic nitrogens is 8. The van der Waals surface area contributed by atoms with Crippen LogP contribution in [0.25, 0.3) is 22.8 Å². The van der Waals surface area contributed by atoms with E-state index in [0.717, 1.165) is 28.2 Å². The number of benzene rings is 4. The van der Waals surface area contributed by atoms with E-state index in [-0.39, 0.29) is 17.3 Å². The average molecular weight is 1250 g/mol. The summed E-state index contributed by atoms with van der Waals surface area (Å²) in [5, 5.41) is 21.8. The fourth-order valence-corrected chi connectivity index (χ4v) is 14.4. The van der Waals surface area contributed by atoms with Gasteiger partial charge in [0.05, 0.1) is 88.6 Å². The van der Waals surface area contributed by atoms with Crippen LogP contribution in [-0.2, 0) is 57.1 Å². The number of likely N-dealkylation sites (tertiary alicyclic amines) is 1. The summed E-state index contributed by atoms with van der Waals surface area (Å²) < 4.78 is 180. The van der Waals surface area contributed by atoms with Crippen LogP contribution in [0.2, 0.25) is 10.0 Å². The Bertz CT molecular complexity index is 3910. The standard InChI is InChI=1S/C47H44Cl2F6N14O10S3/c1-80(73,74)65-19-29(15-47(54,55)23-65)69-61-42(59-63-69)31-11-36-38(13-33(31)51)82(77,78)39(40(57)44(71)67(36)17-25-4-8-27(49)9-5-25)20-79-45(72)64-18-28(14-46(52,53)22-64)68-60-41(58-62-68)30-10-35-37(12-32(30)50)81(75,76)21-34(56)43(70)66(35)16-24-2-6-26(48)7-3-24/h2-13,28-29,34,39-40H,14-23,56-57H2,1H3/t28?,29?,34-,39?,40-/m0/s1. The van der Waals surface area contributed by atoms with Gasteiger partial charge in [0, 0.05) is 36.0 Å². The number of nitrogens with two attached hydrogens (primary N) is 2. The van der Waals surface area contributed by atoms with E-state index in [0.29, 0.717) is 47.1 Å². The predicted octanol–water partition coefficient (Wildman–Crippen LogP) is 3.80. The Morgan fingerprint density at radius 3 is 1.72 bits per heavy atom. The number of nitrogens with zero attached hydrogens (tertiary/aromatic N) is 12. The first kappa shape index (κ1) is 58.3. The van der Waals surface area contributed by atoms with Crippen LogP contribution in [0.3, 0.4) is 0 Å². The van der Waals surface area contributed by atoms with Crippen LogP contribution in [0.1, 0.15) is 36.1 Å². The van der Waals surface area contributed by atoms with Gasteiger partial charge in [-0.05, 0) is 70.1 Å². The molecule has 4 N–H and O–H groups in total. The van der Waals surface area contributed by atoms with Crippen LogP contribution in [0.15, 0.2) is 82.6 Å². The quantitative estimate of drug-likeness (QED) is 0.174. The minimum atomic E-state index is -5.10. The van der Waals surface area contributed by atoms with Crippen molar-refractivity contribution in [3.63, 3.8) is 0 Å². The summed E-state index contributed by atoms with van der Waals surface area (Å²) in [5.74, 6) is -13.8. The molecule has 24 nitrogen and oxygen atoms in total. The Hall–Kier alpha value is -6.88. The second kappa shape index (κ2) is 21.4. The highest BCUT2D eigenvalue weighted by Crippen LogP contribution is 2.42. The first-order valence-electron chi connectivity index (χ1n) is 24.4. The number of piperidine rings is 2. The lowest BCUT2D eigenvalue weighted by molar-refractivity contribution is -0.120. The van der Waals surface area contributed by atoms with E-state index in [9.17, 15) is 48.4 Å². The predicted molar refractivity (Wildman–Crippen MR) is 277 cm³/mol. The van der Waals surface area contributed by atoms with Gasteiger partial charge in [-0.1, -0.05) is 47.5 Å². The number of anilines is 2. The monoisotopic (exact) mass is 1240 g/mol. The number of carbonyl (C=O) groups is 3. The molecule has 2 fully saturated rings. The zero-order valence-electron chi connectivity index (χ0n) is 42.2. The summed E-state index contributed by atoms with van der Waals surface area (Å²) in [6.07, 6.45) is -2.78. The Morgan fingerprint density at radius 1 is 0.720 bits per heavy atom. The van der Waals surface area contributed by atoms with Crippen molar-refractivity contribution in [2.45, 2.75) is 77.0 Å². The van der Waals surface area contributed by atoms with Crippen LogP contribution >= 0.6 is 23.2 Å². The zero-order valence-corrected chi connectivity index (χ0v) is 46.2. The first-order valence-corrected chi connectivity index (χ1v) is 30.2. The zero-order chi connectivity index (χ0) is 59.2. The second-order valence-corrected chi connectivity index (χ2v) is 27.0. The van der Waals surface area contributed by atoms with Crippen molar-refractivity contribution in [1.82, 2.24) is 49.6 Å². The summed E-state index contributed by atoms with van der Waals surface area (Å²) in [6.45, 7) is -5.55. The second-order valence-electron chi connectivity index (χ2n) is 20.0. The number of amides is 3. The van der Waals surface area contributed by atoms with E-state index in [4.69, 9.17) is 39.4 Å². The van der Waals surface area contributed by atoms with Crippen molar-refractivity contribution in [2.75, 3.05) is 54.6 Å². The van der Waals surface area contributed by atoms with Crippen LogP contribution < -0.4 is 21.3 Å². The van der Waals surface area contributed by atoms with Gasteiger partial charge in [0.15, 0.2) is 19.7 Å². The highest BCUT2D eigenvalue weighted by atomic mass is 35.5. The molecule has 6 heterocycles. The molecule has 5 atom stereocenters. The van der Waals surface area contributed by atoms with Crippen molar-refractivity contribution in [2.24, 2.45) is 11.5 Å². The summed E-state index contributed by atoms with van der Waals surface area (Å²) in [4.78, 5) is 44.1. The molecule has 0 bridgehead atoms. The molecule has 2 saturated heterocycles. The molecule has 35 heteroatoms. The third-order valence-electron chi connectivity index (χ3n) is 14.0. The Balaban J connectivity index is 0.915. The number of fused-ring (bicyclic) bond motifs is 2. The van der Waals surface area contributed by atoms with Gasteiger partial charge in [0.2, 0.25) is 33.5 Å². The molecule has 2 aromatic heterocycles. The number of halogens is 8. The first-order chi connectivity index (χ1) is 38.4. The summed E-state index contributed by atoms with van der Waals surface area (Å²) >= 11 is 12.1. The van der Waals surface area contributed by atoms with Gasteiger partial charge < -0.3 is 26.0 Å². The number of ether oxygens (including phenoxy) is 1. The topological polar surface area (TPSA) is 315 Å². The molecule has 3 amide bonds. The Kier molecular flexibility index (Phi) is 15.2. The van der Waals surface area contributed by atoms with Crippen LogP contribution in [0.5, 0.6) is 0 Å². The molecular formula is C47H44Cl2F6N14O10S3. The lowest BCUT2D eigenvalue weighted by Gasteiger charge is -2.36. The molecule has 0 aliphatic carbocycles. The van der Waals surface area contributed by atoms with Gasteiger partial charge in [-0.15, -0.1) is 20.4 Å². The molecular weight excluding hydrogens is 1200 g/mol. The molecule has 82 heavy (non-hydrogen) atoms. The van der Waals surface area contributed by atoms with Gasteiger partial charge in [-0.25, -0.2) is 56.4 Å². The largest absolute Gasteiger partial charge is 0.448 e. The molecule has 0 spiro atoms. The molecule has 0 saturated carbocycles. The molecule has 3 unspecified atom stereocenters. The van der Waals surface area contributed by atoms with Gasteiger partial charge in [0.25, 0.3) is 11.8 Å². The summed E-state index contributed by atoms with van der Waals surface area (Å²) in [7, 11) is -13.6. The third kappa shape index (κ3) is 11.6. The molecule has 10 rings (SSSR count). The smallest absolute Gasteiger partial charge is 0.410 e. The van der Waals surface area contributed by atoms with E-state index in [2.05, 4.69) is 30.8 Å². The van der Waals surface area contributed by atoms with Crippen LogP contribution in [0, 0.1) is 11.6 Å². The van der Waals surface area contributed by atoms with Gasteiger partial charge in [-0.2, -0.15) is 13.9 Å². The Morgan fingerprint density at radius 2 is 1.20 bits per heavy atom. The lowest BCUT2D eigenvalue weighted by Crippen LogP contribution is -2.54. The SMILES string of the molecule is CS(=O)(=O)N1CC(n2nnc(-c3cc4c(cc3F)S(=O)(=O)C(COC(=O)N3CC(n5nnc(-c6cc7c(cc6F)S(=O)(=O)C[C@H](N)C(=O)N7Cc6ccc(Cl)cc6)n5)CC(F)(F)C3)[C@H](N)C(=O)N4Cc3ccc(Cl)cc3)n2)CC(F)(F)C1. The van der Waals surface area contributed by atoms with Gasteiger partial charge in [0.1, 0.15) is 29.5 Å². The maximum absolute atomic E-state index is 16.4. The molecule has 4 aromatic carbocycles. The maximum atomic E-state index is 16.4. The number of hydrogen-bond acceptors (Lipinski definition) is 18. The van der Waals surface area contributed by atoms with Crippen LogP contribution in [-0.4, -0.2) is 167 Å². The average Bonchev–Trinajstić information content (AvgIpc) is 4.30. The fourth-order valence-electron chi connectivity index (χ4n) is 9.95. The summed E-state index contributed by atoms with van der Waals surface area (Å²) in [5.41, 5.74) is 11.3. The van der Waals surface area contributed by atoms with E-state index in [1.165, 1.54) is 36.4 Å². The van der Waals surface area contributed by atoms with E-state index in [1.807, 2.05) is 0 Å². The molecule has 436 valence electrons. The minimum Gasteiger partial charge on any atom is -0.448 e. The normalized spacial score (nSPS) is 23.4. The number of tetrazole rings is 2. The van der Waals surface area contributed by atoms with Crippen molar-refractivity contribution >= 4 is 82.2 Å². The van der Waals surface area contributed by atoms with Crippen molar-refractivity contribution < 1.29 is 70.7 Å². The third-order valence-corrected chi connectivity index (χ3v) is 19.7. The fraction of sp³-hybridized carbons (Fsp3) is 0.383. The molecule has 4 aliphatic heterocycles. The number of sulfonamides is 1. The summed E-state index contributed by atoms with van der Waals surface area (Å²) in [6, 6.07) is 8.43. The number of alkyl halides is 4. The van der Waals surface area contributed by atoms with Gasteiger partial charge >= 0.3 is 6.09 Å². The number of rotatable bonds is 11.